The van der Waals surface area contributed by atoms with Crippen molar-refractivity contribution in [1.82, 2.24) is 10.2 Å². The molecule has 11 aliphatic rings. The van der Waals surface area contributed by atoms with Gasteiger partial charge in [0.1, 0.15) is 30.2 Å². The van der Waals surface area contributed by atoms with Crippen molar-refractivity contribution in [1.29, 1.82) is 0 Å². The fourth-order valence-electron chi connectivity index (χ4n) is 18.5. The standard InChI is InChI=1S/C51H70N2O12/c1-46(2)39-38(57)40(58)50(30-7-5-4-6-8-30)37(49(39)25-62-45(60)48(44(49)65-46)16-11-27(21-48)23-54)12-15-47(3)41(63-43(59)42-51(47,50)64-42)32-14-18-61-36(32)20-33(35(56)24-55)28-9-10-31-29(19-28)13-17-53-26-52-22-34(31)53/h13-14,17-18,27-31,33-35,37,39-42,44,52,54-56,58H,4-12,15-16,19-26H2,1-3H3. The van der Waals surface area contributed by atoms with Gasteiger partial charge in [0.05, 0.1) is 48.7 Å². The SMILES string of the molecule is CC1(C)OC2C3(CCC(CO)C3)C(=O)OCC23C1C(=O)C(O)C1(C2CCCCC2)C3CCC2(C)C(c3ccoc3CC(C(O)CO)C3CCC4C(C=CN5CNCC45)C3)OC(=O)C3OC321. The molecule has 5 aliphatic carbocycles. The molecule has 0 radical (unpaired) electrons. The first-order valence-electron chi connectivity index (χ1n) is 25.3. The molecule has 14 heteroatoms. The Morgan fingerprint density at radius 1 is 0.969 bits per heavy atom. The van der Waals surface area contributed by atoms with Gasteiger partial charge in [-0.2, -0.15) is 0 Å². The van der Waals surface area contributed by atoms with Crippen molar-refractivity contribution in [3.05, 3.63) is 35.9 Å². The first kappa shape index (κ1) is 43.4. The Hall–Kier alpha value is -2.85. The zero-order chi connectivity index (χ0) is 45.1. The van der Waals surface area contributed by atoms with Gasteiger partial charge in [-0.15, -0.1) is 0 Å². The second-order valence-electron chi connectivity index (χ2n) is 23.7. The monoisotopic (exact) mass is 902 g/mol. The second-order valence-corrected chi connectivity index (χ2v) is 23.7. The number of carbonyl (C=O) groups is 3. The number of ether oxygens (including phenoxy) is 4. The van der Waals surface area contributed by atoms with E-state index in [0.717, 1.165) is 64.6 Å². The molecule has 5 N–H and O–H groups in total. The number of esters is 2. The van der Waals surface area contributed by atoms with Gasteiger partial charge in [0, 0.05) is 47.4 Å². The van der Waals surface area contributed by atoms with Crippen molar-refractivity contribution in [3.63, 3.8) is 0 Å². The average molecular weight is 903 g/mol. The number of Topliss-reactive ketones (excluding diaryl/α,β-unsaturated/α-hetero) is 1. The predicted octanol–water partition coefficient (Wildman–Crippen LogP) is 4.36. The van der Waals surface area contributed by atoms with Crippen molar-refractivity contribution in [3.8, 4) is 0 Å². The van der Waals surface area contributed by atoms with E-state index < -0.39 is 81.2 Å². The predicted molar refractivity (Wildman–Crippen MR) is 231 cm³/mol. The molecule has 14 nitrogen and oxygen atoms in total. The van der Waals surface area contributed by atoms with Gasteiger partial charge in [-0.1, -0.05) is 32.3 Å². The molecule has 6 aliphatic heterocycles. The van der Waals surface area contributed by atoms with Crippen LogP contribution >= 0.6 is 0 Å². The number of fused-ring (bicyclic) bond motifs is 5. The summed E-state index contributed by atoms with van der Waals surface area (Å²) in [6.07, 6.45) is 11.3. The zero-order valence-corrected chi connectivity index (χ0v) is 38.3. The number of ketones is 1. The second kappa shape index (κ2) is 14.8. The van der Waals surface area contributed by atoms with Crippen molar-refractivity contribution in [2.24, 2.45) is 69.0 Å². The quantitative estimate of drug-likeness (QED) is 0.182. The number of allylic oxidation sites excluding steroid dienone is 1. The fraction of sp³-hybridized carbons (Fsp3) is 0.824. The first-order valence-corrected chi connectivity index (χ1v) is 25.3. The van der Waals surface area contributed by atoms with Crippen LogP contribution in [0.2, 0.25) is 0 Å². The molecule has 10 fully saturated rings. The summed E-state index contributed by atoms with van der Waals surface area (Å²) in [4.78, 5) is 47.2. The number of epoxide rings is 1. The van der Waals surface area contributed by atoms with E-state index in [4.69, 9.17) is 23.4 Å². The Morgan fingerprint density at radius 3 is 2.55 bits per heavy atom. The lowest BCUT2D eigenvalue weighted by Gasteiger charge is -2.70. The number of nitrogens with zero attached hydrogens (tertiary/aromatic N) is 1. The summed E-state index contributed by atoms with van der Waals surface area (Å²) >= 11 is 0. The van der Waals surface area contributed by atoms with Crippen LogP contribution in [-0.4, -0.2) is 118 Å². The van der Waals surface area contributed by atoms with Crippen LogP contribution in [0.1, 0.15) is 122 Å². The molecule has 0 aromatic carbocycles. The number of cyclic esters (lactones) is 2. The zero-order valence-electron chi connectivity index (χ0n) is 38.3. The summed E-state index contributed by atoms with van der Waals surface area (Å²) in [6.45, 7) is 7.35. The Bertz CT molecular complexity index is 2140. The molecule has 65 heavy (non-hydrogen) atoms. The maximum atomic E-state index is 15.7. The van der Waals surface area contributed by atoms with E-state index >= 15 is 4.79 Å². The van der Waals surface area contributed by atoms with Crippen LogP contribution in [0.3, 0.4) is 0 Å². The summed E-state index contributed by atoms with van der Waals surface area (Å²) < 4.78 is 33.6. The molecule has 18 unspecified atom stereocenters. The molecule has 18 atom stereocenters. The third-order valence-corrected chi connectivity index (χ3v) is 20.9. The maximum absolute atomic E-state index is 15.7. The molecule has 5 saturated carbocycles. The Morgan fingerprint density at radius 2 is 1.78 bits per heavy atom. The smallest absolute Gasteiger partial charge is 0.339 e. The Kier molecular flexibility index (Phi) is 9.91. The van der Waals surface area contributed by atoms with Crippen LogP contribution in [0.5, 0.6) is 0 Å². The van der Waals surface area contributed by atoms with Gasteiger partial charge in [0.15, 0.2) is 11.9 Å². The third-order valence-electron chi connectivity index (χ3n) is 20.9. The summed E-state index contributed by atoms with van der Waals surface area (Å²) in [5.41, 5.74) is -5.87. The lowest BCUT2D eigenvalue weighted by molar-refractivity contribution is -0.284. The van der Waals surface area contributed by atoms with Crippen LogP contribution in [0.4, 0.5) is 0 Å². The van der Waals surface area contributed by atoms with Gasteiger partial charge in [-0.25, -0.2) is 4.79 Å². The van der Waals surface area contributed by atoms with E-state index in [2.05, 4.69) is 29.4 Å². The van der Waals surface area contributed by atoms with Gasteiger partial charge in [0.25, 0.3) is 0 Å². The van der Waals surface area contributed by atoms with Crippen LogP contribution in [0.15, 0.2) is 29.0 Å². The number of hydrogen-bond acceptors (Lipinski definition) is 14. The summed E-state index contributed by atoms with van der Waals surface area (Å²) in [6, 6.07) is 2.35. The molecular formula is C51H70N2O12. The highest BCUT2D eigenvalue weighted by atomic mass is 16.7. The summed E-state index contributed by atoms with van der Waals surface area (Å²) in [7, 11) is 0. The largest absolute Gasteiger partial charge is 0.469 e. The Balaban J connectivity index is 0.950. The molecule has 1 aromatic heterocycles. The Labute approximate surface area is 381 Å². The number of rotatable bonds is 8. The van der Waals surface area contributed by atoms with Gasteiger partial charge in [-0.05, 0) is 132 Å². The van der Waals surface area contributed by atoms with Crippen LogP contribution in [0, 0.1) is 69.0 Å². The number of aliphatic hydroxyl groups excluding tert-OH is 4. The highest BCUT2D eigenvalue weighted by molar-refractivity contribution is 5.93. The topological polar surface area (TPSA) is 201 Å². The summed E-state index contributed by atoms with van der Waals surface area (Å²) in [5.74, 6) is -1.32. The number of aliphatic hydroxyl groups is 4. The normalized spacial score (nSPS) is 49.1. The fourth-order valence-corrected chi connectivity index (χ4v) is 18.5. The minimum Gasteiger partial charge on any atom is -0.469 e. The summed E-state index contributed by atoms with van der Waals surface area (Å²) in [5, 5.41) is 49.4. The molecule has 356 valence electrons. The lowest BCUT2D eigenvalue weighted by atomic mass is 9.32. The van der Waals surface area contributed by atoms with Crippen LogP contribution in [0.25, 0.3) is 0 Å². The van der Waals surface area contributed by atoms with Crippen molar-refractivity contribution < 1.29 is 58.2 Å². The third kappa shape index (κ3) is 5.45. The average Bonchev–Trinajstić information content (AvgIpc) is 3.70. The molecule has 7 heterocycles. The first-order chi connectivity index (χ1) is 31.2. The van der Waals surface area contributed by atoms with Gasteiger partial charge >= 0.3 is 11.9 Å². The van der Waals surface area contributed by atoms with E-state index in [1.54, 1.807) is 6.26 Å². The molecule has 5 saturated heterocycles. The molecule has 0 amide bonds. The minimum absolute atomic E-state index is 0.0200. The van der Waals surface area contributed by atoms with Crippen molar-refractivity contribution >= 4 is 17.7 Å². The van der Waals surface area contributed by atoms with E-state index in [1.165, 1.54) is 0 Å². The lowest BCUT2D eigenvalue weighted by Crippen LogP contribution is -2.79. The maximum Gasteiger partial charge on any atom is 0.339 e. The number of carbonyl (C=O) groups excluding carboxylic acids is 3. The van der Waals surface area contributed by atoms with Gasteiger partial charge in [-0.3, -0.25) is 14.9 Å². The highest BCUT2D eigenvalue weighted by Crippen LogP contribution is 2.83. The van der Waals surface area contributed by atoms with E-state index in [0.29, 0.717) is 67.7 Å². The van der Waals surface area contributed by atoms with Crippen molar-refractivity contribution in [2.75, 3.05) is 33.0 Å². The van der Waals surface area contributed by atoms with E-state index in [9.17, 15) is 30.0 Å². The van der Waals surface area contributed by atoms with E-state index in [-0.39, 0.29) is 55.2 Å². The van der Waals surface area contributed by atoms with Crippen LogP contribution < -0.4 is 5.32 Å². The van der Waals surface area contributed by atoms with E-state index in [1.807, 2.05) is 19.9 Å². The number of hydrogen-bond donors (Lipinski definition) is 5. The van der Waals surface area contributed by atoms with Crippen molar-refractivity contribution in [2.45, 2.75) is 158 Å². The number of furan rings is 1. The highest BCUT2D eigenvalue weighted by Gasteiger charge is 2.93. The van der Waals surface area contributed by atoms with Gasteiger partial charge in [0.2, 0.25) is 0 Å². The molecule has 0 bridgehead atoms. The molecule has 1 aromatic rings. The molecule has 12 rings (SSSR count). The van der Waals surface area contributed by atoms with Gasteiger partial charge < -0.3 is 48.7 Å². The molecular weight excluding hydrogens is 833 g/mol. The van der Waals surface area contributed by atoms with Crippen LogP contribution in [-0.2, 0) is 39.8 Å². The minimum atomic E-state index is -1.48. The number of nitrogens with one attached hydrogen (secondary N) is 1. The molecule has 3 spiro atoms.